The van der Waals surface area contributed by atoms with E-state index in [1.807, 2.05) is 50.2 Å². The van der Waals surface area contributed by atoms with E-state index in [1.165, 1.54) is 5.56 Å². The molecule has 3 rings (SSSR count). The molecule has 0 saturated heterocycles. The molecule has 2 aromatic carbocycles. The van der Waals surface area contributed by atoms with Gasteiger partial charge >= 0.3 is 0 Å². The van der Waals surface area contributed by atoms with E-state index in [4.69, 9.17) is 4.74 Å². The summed E-state index contributed by atoms with van der Waals surface area (Å²) in [4.78, 5) is 12.0. The van der Waals surface area contributed by atoms with E-state index >= 15 is 0 Å². The van der Waals surface area contributed by atoms with E-state index in [9.17, 15) is 4.79 Å². The van der Waals surface area contributed by atoms with Crippen molar-refractivity contribution in [1.29, 1.82) is 0 Å². The molecule has 0 heterocycles. The van der Waals surface area contributed by atoms with Crippen LogP contribution >= 0.6 is 0 Å². The number of hydrogen-bond acceptors (Lipinski definition) is 2. The Balaban J connectivity index is 0.000000774. The molecule has 1 atom stereocenters. The summed E-state index contributed by atoms with van der Waals surface area (Å²) in [7, 11) is 1.66. The summed E-state index contributed by atoms with van der Waals surface area (Å²) in [5.41, 5.74) is 3.22. The van der Waals surface area contributed by atoms with E-state index in [0.717, 1.165) is 23.3 Å². The summed E-state index contributed by atoms with van der Waals surface area (Å²) in [5.74, 6) is 1.35. The summed E-state index contributed by atoms with van der Waals surface area (Å²) in [5, 5.41) is 0. The zero-order valence-corrected chi connectivity index (χ0v) is 12.9. The first-order chi connectivity index (χ1) is 10.3. The van der Waals surface area contributed by atoms with E-state index in [-0.39, 0.29) is 5.78 Å². The summed E-state index contributed by atoms with van der Waals surface area (Å²) >= 11 is 0. The Kier molecular flexibility index (Phi) is 5.15. The highest BCUT2D eigenvalue weighted by molar-refractivity contribution is 5.99. The molecule has 0 fully saturated rings. The minimum atomic E-state index is 0.241. The van der Waals surface area contributed by atoms with Crippen molar-refractivity contribution in [3.05, 3.63) is 65.2 Å². The molecule has 0 aromatic heterocycles. The third kappa shape index (κ3) is 3.15. The van der Waals surface area contributed by atoms with Crippen molar-refractivity contribution in [1.82, 2.24) is 0 Å². The van der Waals surface area contributed by atoms with Gasteiger partial charge in [0, 0.05) is 17.9 Å². The third-order valence-electron chi connectivity index (χ3n) is 3.80. The van der Waals surface area contributed by atoms with Crippen molar-refractivity contribution in [2.24, 2.45) is 0 Å². The highest BCUT2D eigenvalue weighted by atomic mass is 16.5. The zero-order chi connectivity index (χ0) is 15.2. The molecule has 110 valence electrons. The van der Waals surface area contributed by atoms with Crippen LogP contribution in [0, 0.1) is 0 Å². The molecule has 1 aliphatic carbocycles. The Labute approximate surface area is 126 Å². The Bertz CT molecular complexity index is 602. The second-order valence-corrected chi connectivity index (χ2v) is 4.88. The average molecular weight is 282 g/mol. The summed E-state index contributed by atoms with van der Waals surface area (Å²) in [6, 6.07) is 16.1. The molecule has 0 N–H and O–H groups in total. The number of hydrogen-bond donors (Lipinski definition) is 0. The van der Waals surface area contributed by atoms with Gasteiger partial charge in [-0.25, -0.2) is 0 Å². The monoisotopic (exact) mass is 282 g/mol. The number of ether oxygens (including phenoxy) is 1. The van der Waals surface area contributed by atoms with Gasteiger partial charge in [-0.2, -0.15) is 0 Å². The lowest BCUT2D eigenvalue weighted by Crippen LogP contribution is -2.16. The summed E-state index contributed by atoms with van der Waals surface area (Å²) in [6.45, 7) is 4.00. The van der Waals surface area contributed by atoms with Crippen molar-refractivity contribution in [2.45, 2.75) is 32.6 Å². The van der Waals surface area contributed by atoms with Crippen LogP contribution in [-0.2, 0) is 0 Å². The molecule has 0 radical (unpaired) electrons. The van der Waals surface area contributed by atoms with Gasteiger partial charge in [-0.05, 0) is 35.7 Å². The van der Waals surface area contributed by atoms with Gasteiger partial charge in [0.1, 0.15) is 5.75 Å². The second kappa shape index (κ2) is 7.07. The molecular formula is C19H22O2. The molecule has 0 amide bonds. The number of ketones is 1. The maximum absolute atomic E-state index is 12.0. The topological polar surface area (TPSA) is 26.3 Å². The lowest BCUT2D eigenvalue weighted by atomic mass is 9.78. The molecular weight excluding hydrogens is 260 g/mol. The Hall–Kier alpha value is -2.09. The highest BCUT2D eigenvalue weighted by Crippen LogP contribution is 2.38. The van der Waals surface area contributed by atoms with Crippen LogP contribution in [0.2, 0.25) is 0 Å². The predicted molar refractivity (Wildman–Crippen MR) is 86.2 cm³/mol. The van der Waals surface area contributed by atoms with E-state index in [1.54, 1.807) is 7.11 Å². The number of rotatable bonds is 2. The quantitative estimate of drug-likeness (QED) is 0.788. The van der Waals surface area contributed by atoms with E-state index in [2.05, 4.69) is 12.1 Å². The number of carbonyl (C=O) groups excluding carboxylic acids is 1. The fourth-order valence-electron chi connectivity index (χ4n) is 2.81. The zero-order valence-electron chi connectivity index (χ0n) is 12.9. The molecule has 2 nitrogen and oxygen atoms in total. The maximum Gasteiger partial charge on any atom is 0.163 e. The number of Topliss-reactive ketones (excluding diaryl/α,β-unsaturated/α-hetero) is 1. The van der Waals surface area contributed by atoms with Gasteiger partial charge in [-0.3, -0.25) is 4.79 Å². The molecule has 0 bridgehead atoms. The van der Waals surface area contributed by atoms with Gasteiger partial charge < -0.3 is 4.74 Å². The Morgan fingerprint density at radius 3 is 2.43 bits per heavy atom. The first kappa shape index (κ1) is 15.3. The van der Waals surface area contributed by atoms with Crippen LogP contribution in [0.3, 0.4) is 0 Å². The standard InChI is InChI=1S/C17H16O2.C2H6/c1-19-13-7-8-15-16(11-13)14(9-10-17(15)18)12-5-3-2-4-6-12;1-2/h2-8,11,14H,9-10H2,1H3;1-2H3. The van der Waals surface area contributed by atoms with Crippen molar-refractivity contribution in [3.8, 4) is 5.75 Å². The van der Waals surface area contributed by atoms with Crippen molar-refractivity contribution in [3.63, 3.8) is 0 Å². The number of benzene rings is 2. The fraction of sp³-hybridized carbons (Fsp3) is 0.316. The van der Waals surface area contributed by atoms with Crippen molar-refractivity contribution < 1.29 is 9.53 Å². The minimum absolute atomic E-state index is 0.241. The smallest absolute Gasteiger partial charge is 0.163 e. The molecule has 1 aliphatic rings. The third-order valence-corrected chi connectivity index (χ3v) is 3.80. The number of fused-ring (bicyclic) bond motifs is 1. The summed E-state index contributed by atoms with van der Waals surface area (Å²) in [6.07, 6.45) is 1.50. The predicted octanol–water partition coefficient (Wildman–Crippen LogP) is 4.83. The van der Waals surface area contributed by atoms with Crippen LogP contribution in [-0.4, -0.2) is 12.9 Å². The van der Waals surface area contributed by atoms with Crippen LogP contribution in [0.15, 0.2) is 48.5 Å². The van der Waals surface area contributed by atoms with Gasteiger partial charge in [0.25, 0.3) is 0 Å². The molecule has 0 aliphatic heterocycles. The van der Waals surface area contributed by atoms with Gasteiger partial charge in [0.05, 0.1) is 7.11 Å². The van der Waals surface area contributed by atoms with Gasteiger partial charge in [0.15, 0.2) is 5.78 Å². The maximum atomic E-state index is 12.0. The molecule has 2 aromatic rings. The highest BCUT2D eigenvalue weighted by Gasteiger charge is 2.26. The lowest BCUT2D eigenvalue weighted by Gasteiger charge is -2.25. The first-order valence-electron chi connectivity index (χ1n) is 7.55. The molecule has 0 spiro atoms. The first-order valence-corrected chi connectivity index (χ1v) is 7.55. The van der Waals surface area contributed by atoms with E-state index < -0.39 is 0 Å². The Morgan fingerprint density at radius 2 is 1.76 bits per heavy atom. The molecule has 2 heteroatoms. The van der Waals surface area contributed by atoms with Gasteiger partial charge in [-0.1, -0.05) is 44.2 Å². The van der Waals surface area contributed by atoms with Crippen LogP contribution < -0.4 is 4.74 Å². The van der Waals surface area contributed by atoms with Crippen LogP contribution in [0.5, 0.6) is 5.75 Å². The van der Waals surface area contributed by atoms with Crippen LogP contribution in [0.4, 0.5) is 0 Å². The fourth-order valence-corrected chi connectivity index (χ4v) is 2.81. The molecule has 1 unspecified atom stereocenters. The molecule has 21 heavy (non-hydrogen) atoms. The van der Waals surface area contributed by atoms with Crippen LogP contribution in [0.1, 0.15) is 54.1 Å². The lowest BCUT2D eigenvalue weighted by molar-refractivity contribution is 0.0969. The normalized spacial score (nSPS) is 16.5. The number of carbonyl (C=O) groups is 1. The van der Waals surface area contributed by atoms with Gasteiger partial charge in [-0.15, -0.1) is 0 Å². The van der Waals surface area contributed by atoms with Gasteiger partial charge in [0.2, 0.25) is 0 Å². The average Bonchev–Trinajstić information content (AvgIpc) is 2.57. The van der Waals surface area contributed by atoms with Crippen molar-refractivity contribution in [2.75, 3.05) is 7.11 Å². The second-order valence-electron chi connectivity index (χ2n) is 4.88. The Morgan fingerprint density at radius 1 is 1.05 bits per heavy atom. The molecule has 0 saturated carbocycles. The minimum Gasteiger partial charge on any atom is -0.497 e. The number of methoxy groups -OCH3 is 1. The SMILES string of the molecule is CC.COc1ccc2c(c1)C(c1ccccc1)CCC2=O. The summed E-state index contributed by atoms with van der Waals surface area (Å²) < 4.78 is 5.29. The van der Waals surface area contributed by atoms with Crippen molar-refractivity contribution >= 4 is 5.78 Å². The van der Waals surface area contributed by atoms with Crippen LogP contribution in [0.25, 0.3) is 0 Å². The van der Waals surface area contributed by atoms with E-state index in [0.29, 0.717) is 12.3 Å². The largest absolute Gasteiger partial charge is 0.497 e.